The zero-order valence-electron chi connectivity index (χ0n) is 22.3. The largest absolute Gasteiger partial charge is 0.497 e. The van der Waals surface area contributed by atoms with Crippen LogP contribution in [0.2, 0.25) is 0 Å². The number of aliphatic hydroxyl groups is 1. The molecule has 0 bridgehead atoms. The molecular weight excluding hydrogens is 460 g/mol. The summed E-state index contributed by atoms with van der Waals surface area (Å²) in [7, 11) is 1.57. The van der Waals surface area contributed by atoms with E-state index in [1.807, 2.05) is 37.4 Å². The van der Waals surface area contributed by atoms with Gasteiger partial charge in [-0.3, -0.25) is 9.59 Å². The summed E-state index contributed by atoms with van der Waals surface area (Å²) < 4.78 is 5.42. The number of aliphatic hydroxyl groups excluding tert-OH is 1. The second kappa shape index (κ2) is 10.3. The fourth-order valence-corrected chi connectivity index (χ4v) is 6.42. The first-order valence-electron chi connectivity index (χ1n) is 12.3. The SMILES string of the molecule is COc1ccc2c(c1)C(=O)N([C@H](CO)CC(C)C)[C@@H](C(=O)NC(C)(C)CC(C)(C)C)c1sccc1-2. The molecule has 0 fully saturated rings. The molecule has 2 aromatic rings. The second-order valence-electron chi connectivity index (χ2n) is 11.8. The number of rotatable bonds is 8. The Kier molecular flexibility index (Phi) is 8.02. The third kappa shape index (κ3) is 6.07. The molecule has 0 saturated heterocycles. The summed E-state index contributed by atoms with van der Waals surface area (Å²) >= 11 is 1.47. The summed E-state index contributed by atoms with van der Waals surface area (Å²) in [5.74, 6) is 0.318. The molecule has 2 N–H and O–H groups in total. The Balaban J connectivity index is 2.18. The maximum atomic E-state index is 14.1. The van der Waals surface area contributed by atoms with Crippen molar-refractivity contribution in [1.82, 2.24) is 10.2 Å². The van der Waals surface area contributed by atoms with E-state index >= 15 is 0 Å². The number of fused-ring (bicyclic) bond motifs is 3. The highest BCUT2D eigenvalue weighted by Gasteiger charge is 2.43. The van der Waals surface area contributed by atoms with Crippen LogP contribution in [0, 0.1) is 11.3 Å². The molecule has 2 atom stereocenters. The predicted molar refractivity (Wildman–Crippen MR) is 142 cm³/mol. The Labute approximate surface area is 213 Å². The van der Waals surface area contributed by atoms with Crippen LogP contribution in [0.5, 0.6) is 5.75 Å². The van der Waals surface area contributed by atoms with Crippen LogP contribution in [0.1, 0.15) is 82.6 Å². The number of thiophene rings is 1. The predicted octanol–water partition coefficient (Wildman–Crippen LogP) is 5.66. The molecule has 2 heterocycles. The summed E-state index contributed by atoms with van der Waals surface area (Å²) in [5.41, 5.74) is 1.68. The van der Waals surface area contributed by atoms with Crippen LogP contribution in [-0.4, -0.2) is 47.1 Å². The smallest absolute Gasteiger partial charge is 0.255 e. The van der Waals surface area contributed by atoms with Crippen molar-refractivity contribution in [3.05, 3.63) is 40.1 Å². The van der Waals surface area contributed by atoms with Gasteiger partial charge in [-0.25, -0.2) is 0 Å². The first-order chi connectivity index (χ1) is 16.3. The molecule has 0 saturated carbocycles. The highest BCUT2D eigenvalue weighted by atomic mass is 32.1. The van der Waals surface area contributed by atoms with E-state index in [-0.39, 0.29) is 29.8 Å². The van der Waals surface area contributed by atoms with Gasteiger partial charge in [-0.15, -0.1) is 11.3 Å². The Morgan fingerprint density at radius 3 is 2.40 bits per heavy atom. The molecule has 7 heteroatoms. The normalized spacial score (nSPS) is 17.0. The van der Waals surface area contributed by atoms with Gasteiger partial charge in [0.1, 0.15) is 11.8 Å². The third-order valence-corrected chi connectivity index (χ3v) is 7.20. The fourth-order valence-electron chi connectivity index (χ4n) is 5.41. The van der Waals surface area contributed by atoms with E-state index in [2.05, 4.69) is 39.9 Å². The van der Waals surface area contributed by atoms with Crippen LogP contribution >= 0.6 is 11.3 Å². The van der Waals surface area contributed by atoms with Crippen molar-refractivity contribution in [2.45, 2.75) is 78.9 Å². The quantitative estimate of drug-likeness (QED) is 0.490. The van der Waals surface area contributed by atoms with Crippen LogP contribution in [0.15, 0.2) is 29.6 Å². The van der Waals surface area contributed by atoms with E-state index in [4.69, 9.17) is 4.74 Å². The van der Waals surface area contributed by atoms with Gasteiger partial charge in [0.2, 0.25) is 5.91 Å². The van der Waals surface area contributed by atoms with E-state index in [9.17, 15) is 14.7 Å². The highest BCUT2D eigenvalue weighted by molar-refractivity contribution is 7.10. The minimum Gasteiger partial charge on any atom is -0.497 e. The maximum absolute atomic E-state index is 14.1. The van der Waals surface area contributed by atoms with Crippen molar-refractivity contribution in [2.24, 2.45) is 11.3 Å². The lowest BCUT2D eigenvalue weighted by molar-refractivity contribution is -0.128. The molecular formula is C28H40N2O4S. The number of benzene rings is 1. The molecule has 0 radical (unpaired) electrons. The zero-order chi connectivity index (χ0) is 26.1. The summed E-state index contributed by atoms with van der Waals surface area (Å²) in [5, 5.41) is 15.6. The fraction of sp³-hybridized carbons (Fsp3) is 0.571. The lowest BCUT2D eigenvalue weighted by atomic mass is 9.81. The number of carbonyl (C=O) groups excluding carboxylic acids is 2. The minimum atomic E-state index is -0.842. The topological polar surface area (TPSA) is 78.9 Å². The van der Waals surface area contributed by atoms with Gasteiger partial charge in [0.05, 0.1) is 25.3 Å². The Morgan fingerprint density at radius 1 is 1.14 bits per heavy atom. The van der Waals surface area contributed by atoms with Crippen molar-refractivity contribution in [2.75, 3.05) is 13.7 Å². The van der Waals surface area contributed by atoms with E-state index in [1.165, 1.54) is 11.3 Å². The lowest BCUT2D eigenvalue weighted by Crippen LogP contribution is -2.54. The summed E-state index contributed by atoms with van der Waals surface area (Å²) in [4.78, 5) is 30.6. The number of amides is 2. The average Bonchev–Trinajstić information content (AvgIpc) is 3.18. The monoisotopic (exact) mass is 500 g/mol. The van der Waals surface area contributed by atoms with Crippen LogP contribution in [0.25, 0.3) is 11.1 Å². The Hall–Kier alpha value is -2.38. The first-order valence-corrected chi connectivity index (χ1v) is 13.2. The van der Waals surface area contributed by atoms with Crippen molar-refractivity contribution in [1.29, 1.82) is 0 Å². The van der Waals surface area contributed by atoms with E-state index in [0.717, 1.165) is 22.4 Å². The Morgan fingerprint density at radius 2 is 1.83 bits per heavy atom. The molecule has 35 heavy (non-hydrogen) atoms. The second-order valence-corrected chi connectivity index (χ2v) is 12.7. The molecule has 192 valence electrons. The molecule has 1 aromatic carbocycles. The number of hydrogen-bond donors (Lipinski definition) is 2. The zero-order valence-corrected chi connectivity index (χ0v) is 23.1. The highest BCUT2D eigenvalue weighted by Crippen LogP contribution is 2.44. The molecule has 1 aromatic heterocycles. The maximum Gasteiger partial charge on any atom is 0.255 e. The van der Waals surface area contributed by atoms with Crippen LogP contribution in [-0.2, 0) is 4.79 Å². The van der Waals surface area contributed by atoms with Gasteiger partial charge in [0.25, 0.3) is 5.91 Å². The van der Waals surface area contributed by atoms with Crippen molar-refractivity contribution < 1.29 is 19.4 Å². The summed E-state index contributed by atoms with van der Waals surface area (Å²) in [6.45, 7) is 14.4. The molecule has 0 unspecified atom stereocenters. The van der Waals surface area contributed by atoms with Crippen LogP contribution < -0.4 is 10.1 Å². The van der Waals surface area contributed by atoms with Gasteiger partial charge in [-0.1, -0.05) is 34.6 Å². The van der Waals surface area contributed by atoms with Gasteiger partial charge >= 0.3 is 0 Å². The van der Waals surface area contributed by atoms with Crippen molar-refractivity contribution in [3.8, 4) is 16.9 Å². The van der Waals surface area contributed by atoms with Crippen LogP contribution in [0.4, 0.5) is 0 Å². The standard InChI is InChI=1S/C28H40N2O4S/c1-17(2)13-18(15-31)30-23(25(32)29-28(6,7)16-27(3,4)5)24-21(11-12-35-24)20-10-9-19(34-8)14-22(20)26(30)33/h9-12,14,17-18,23,31H,13,15-16H2,1-8H3,(H,29,32)/t18-,23+/m0/s1. The number of nitrogens with zero attached hydrogens (tertiary/aromatic N) is 1. The van der Waals surface area contributed by atoms with Crippen molar-refractivity contribution >= 4 is 23.2 Å². The Bertz CT molecular complexity index is 1070. The number of carbonyl (C=O) groups is 2. The molecule has 6 nitrogen and oxygen atoms in total. The lowest BCUT2D eigenvalue weighted by Gasteiger charge is -2.39. The molecule has 3 rings (SSSR count). The number of methoxy groups -OCH3 is 1. The number of nitrogens with one attached hydrogen (secondary N) is 1. The molecule has 0 aliphatic carbocycles. The minimum absolute atomic E-state index is 0.0158. The first kappa shape index (κ1) is 27.2. The molecule has 0 spiro atoms. The van der Waals surface area contributed by atoms with Gasteiger partial charge in [-0.05, 0) is 78.8 Å². The van der Waals surface area contributed by atoms with E-state index in [1.54, 1.807) is 18.1 Å². The molecule has 2 amide bonds. The molecule has 1 aliphatic heterocycles. The van der Waals surface area contributed by atoms with Gasteiger partial charge in [0, 0.05) is 10.4 Å². The molecule has 1 aliphatic rings. The average molecular weight is 501 g/mol. The van der Waals surface area contributed by atoms with Gasteiger partial charge < -0.3 is 20.1 Å². The number of ether oxygens (including phenoxy) is 1. The van der Waals surface area contributed by atoms with Crippen molar-refractivity contribution in [3.63, 3.8) is 0 Å². The van der Waals surface area contributed by atoms with Crippen LogP contribution in [0.3, 0.4) is 0 Å². The van der Waals surface area contributed by atoms with Gasteiger partial charge in [-0.2, -0.15) is 0 Å². The van der Waals surface area contributed by atoms with E-state index in [0.29, 0.717) is 17.7 Å². The van der Waals surface area contributed by atoms with E-state index < -0.39 is 17.6 Å². The summed E-state index contributed by atoms with van der Waals surface area (Å²) in [6, 6.07) is 6.08. The number of hydrogen-bond acceptors (Lipinski definition) is 5. The van der Waals surface area contributed by atoms with Gasteiger partial charge in [0.15, 0.2) is 0 Å². The third-order valence-electron chi connectivity index (χ3n) is 6.23. The summed E-state index contributed by atoms with van der Waals surface area (Å²) in [6.07, 6.45) is 1.36.